The fourth-order valence-electron chi connectivity index (χ4n) is 2.90. The highest BCUT2D eigenvalue weighted by molar-refractivity contribution is 5.77. The Labute approximate surface area is 115 Å². The monoisotopic (exact) mass is 270 g/mol. The number of aliphatic hydroxyl groups is 1. The zero-order valence-electron chi connectivity index (χ0n) is 11.9. The van der Waals surface area contributed by atoms with Crippen LogP contribution in [0.1, 0.15) is 39.0 Å². The lowest BCUT2D eigenvalue weighted by atomic mass is 9.89. The summed E-state index contributed by atoms with van der Waals surface area (Å²) in [7, 11) is 0. The van der Waals surface area contributed by atoms with Gasteiger partial charge in [0.25, 0.3) is 0 Å². The van der Waals surface area contributed by atoms with Crippen LogP contribution in [0, 0.1) is 0 Å². The predicted molar refractivity (Wildman–Crippen MR) is 72.9 cm³/mol. The molecule has 0 atom stereocenters. The molecule has 2 N–H and O–H groups in total. The van der Waals surface area contributed by atoms with E-state index >= 15 is 0 Å². The van der Waals surface area contributed by atoms with Gasteiger partial charge in [0, 0.05) is 0 Å². The average Bonchev–Trinajstić information content (AvgIpc) is 2.37. The number of rotatable bonds is 6. The zero-order chi connectivity index (χ0) is 13.7. The first kappa shape index (κ1) is 14.8. The molecule has 2 fully saturated rings. The van der Waals surface area contributed by atoms with Crippen LogP contribution in [0.4, 0.5) is 0 Å². The minimum Gasteiger partial charge on any atom is -0.386 e. The third kappa shape index (κ3) is 4.16. The Morgan fingerprint density at radius 2 is 2.11 bits per heavy atom. The second kappa shape index (κ2) is 6.68. The van der Waals surface area contributed by atoms with E-state index < -0.39 is 5.60 Å². The molecule has 0 aliphatic carbocycles. The van der Waals surface area contributed by atoms with Gasteiger partial charge >= 0.3 is 0 Å². The first-order valence-corrected chi connectivity index (χ1v) is 7.45. The largest absolute Gasteiger partial charge is 0.386 e. The summed E-state index contributed by atoms with van der Waals surface area (Å²) in [5.74, 6) is 0.106. The van der Waals surface area contributed by atoms with Crippen LogP contribution in [0.5, 0.6) is 0 Å². The average molecular weight is 270 g/mol. The number of hydrogen-bond donors (Lipinski definition) is 2. The van der Waals surface area contributed by atoms with Gasteiger partial charge in [0.2, 0.25) is 5.91 Å². The number of carbonyl (C=O) groups excluding carboxylic acids is 1. The molecule has 0 unspecified atom stereocenters. The molecule has 2 rings (SSSR count). The van der Waals surface area contributed by atoms with Crippen molar-refractivity contribution in [1.82, 2.24) is 10.2 Å². The molecule has 0 aromatic heterocycles. The van der Waals surface area contributed by atoms with Gasteiger partial charge < -0.3 is 20.1 Å². The van der Waals surface area contributed by atoms with Crippen molar-refractivity contribution in [2.24, 2.45) is 0 Å². The first-order valence-electron chi connectivity index (χ1n) is 7.45. The van der Waals surface area contributed by atoms with Gasteiger partial charge in [-0.3, -0.25) is 4.79 Å². The third-order valence-electron chi connectivity index (χ3n) is 3.99. The summed E-state index contributed by atoms with van der Waals surface area (Å²) in [5, 5.41) is 13.3. The van der Waals surface area contributed by atoms with Crippen LogP contribution in [-0.4, -0.2) is 60.4 Å². The number of amides is 1. The van der Waals surface area contributed by atoms with E-state index in [0.29, 0.717) is 32.2 Å². The van der Waals surface area contributed by atoms with Crippen molar-refractivity contribution in [3.63, 3.8) is 0 Å². The number of likely N-dealkylation sites (tertiary alicyclic amines) is 1. The highest BCUT2D eigenvalue weighted by Crippen LogP contribution is 2.26. The maximum absolute atomic E-state index is 11.9. The van der Waals surface area contributed by atoms with Crippen molar-refractivity contribution in [1.29, 1.82) is 0 Å². The number of β-amino-alcohol motifs (C(OH)–C–C–N with tert-alkyl or cyclic N) is 1. The van der Waals surface area contributed by atoms with Gasteiger partial charge in [0.05, 0.1) is 37.8 Å². The van der Waals surface area contributed by atoms with Gasteiger partial charge in [-0.2, -0.15) is 0 Å². The van der Waals surface area contributed by atoms with E-state index in [1.807, 2.05) is 0 Å². The smallest absolute Gasteiger partial charge is 0.225 e. The van der Waals surface area contributed by atoms with Crippen molar-refractivity contribution in [2.45, 2.75) is 50.7 Å². The van der Waals surface area contributed by atoms with E-state index in [2.05, 4.69) is 12.2 Å². The van der Waals surface area contributed by atoms with Crippen LogP contribution in [-0.2, 0) is 9.53 Å². The molecule has 110 valence electrons. The van der Waals surface area contributed by atoms with Gasteiger partial charge in [0.15, 0.2) is 0 Å². The molecule has 2 aliphatic heterocycles. The SMILES string of the molecule is CCCC1(O)CN(C(=O)CCOC2CCNCC2)C1. The van der Waals surface area contributed by atoms with Gasteiger partial charge in [-0.1, -0.05) is 13.3 Å². The fraction of sp³-hybridized carbons (Fsp3) is 0.929. The van der Waals surface area contributed by atoms with Crippen molar-refractivity contribution in [2.75, 3.05) is 32.8 Å². The molecule has 0 aromatic carbocycles. The summed E-state index contributed by atoms with van der Waals surface area (Å²) in [6.07, 6.45) is 4.55. The van der Waals surface area contributed by atoms with Crippen LogP contribution < -0.4 is 5.32 Å². The minimum absolute atomic E-state index is 0.106. The topological polar surface area (TPSA) is 61.8 Å². The second-order valence-electron chi connectivity index (χ2n) is 5.79. The lowest BCUT2D eigenvalue weighted by Gasteiger charge is -2.46. The second-order valence-corrected chi connectivity index (χ2v) is 5.79. The van der Waals surface area contributed by atoms with Crippen LogP contribution in [0.15, 0.2) is 0 Å². The first-order chi connectivity index (χ1) is 9.13. The Kier molecular flexibility index (Phi) is 5.19. The molecule has 5 heteroatoms. The van der Waals surface area contributed by atoms with E-state index in [-0.39, 0.29) is 5.91 Å². The highest BCUT2D eigenvalue weighted by Gasteiger charge is 2.42. The zero-order valence-corrected chi connectivity index (χ0v) is 11.9. The summed E-state index contributed by atoms with van der Waals surface area (Å²) in [5.41, 5.74) is -0.625. The molecular weight excluding hydrogens is 244 g/mol. The maximum atomic E-state index is 11.9. The number of ether oxygens (including phenoxy) is 1. The normalized spacial score (nSPS) is 23.2. The Bertz CT molecular complexity index is 297. The maximum Gasteiger partial charge on any atom is 0.225 e. The molecule has 0 spiro atoms. The van der Waals surface area contributed by atoms with Crippen LogP contribution >= 0.6 is 0 Å². The van der Waals surface area contributed by atoms with Crippen molar-refractivity contribution in [3.05, 3.63) is 0 Å². The van der Waals surface area contributed by atoms with E-state index in [4.69, 9.17) is 4.74 Å². The Balaban J connectivity index is 1.58. The summed E-state index contributed by atoms with van der Waals surface area (Å²) in [4.78, 5) is 13.6. The number of nitrogens with zero attached hydrogens (tertiary/aromatic N) is 1. The van der Waals surface area contributed by atoms with E-state index in [1.54, 1.807) is 4.90 Å². The standard InChI is InChI=1S/C14H26N2O3/c1-2-6-14(18)10-16(11-14)13(17)5-9-19-12-3-7-15-8-4-12/h12,15,18H,2-11H2,1H3. The molecule has 5 nitrogen and oxygen atoms in total. The van der Waals surface area contributed by atoms with Crippen LogP contribution in [0.25, 0.3) is 0 Å². The predicted octanol–water partition coefficient (Wildman–Crippen LogP) is 0.519. The molecule has 2 heterocycles. The Hall–Kier alpha value is -0.650. The summed E-state index contributed by atoms with van der Waals surface area (Å²) in [6.45, 7) is 5.56. The fourth-order valence-corrected chi connectivity index (χ4v) is 2.90. The molecular formula is C14H26N2O3. The van der Waals surface area contributed by atoms with E-state index in [9.17, 15) is 9.90 Å². The number of nitrogens with one attached hydrogen (secondary N) is 1. The minimum atomic E-state index is -0.625. The lowest BCUT2D eigenvalue weighted by molar-refractivity contribution is -0.158. The van der Waals surface area contributed by atoms with E-state index in [0.717, 1.165) is 38.8 Å². The Morgan fingerprint density at radius 1 is 1.42 bits per heavy atom. The number of piperidine rings is 1. The molecule has 0 saturated carbocycles. The molecule has 2 saturated heterocycles. The lowest BCUT2D eigenvalue weighted by Crippen LogP contribution is -2.63. The number of hydrogen-bond acceptors (Lipinski definition) is 4. The van der Waals surface area contributed by atoms with Crippen molar-refractivity contribution in [3.8, 4) is 0 Å². The molecule has 2 aliphatic rings. The van der Waals surface area contributed by atoms with Gasteiger partial charge in [-0.15, -0.1) is 0 Å². The molecule has 0 aromatic rings. The molecule has 0 bridgehead atoms. The van der Waals surface area contributed by atoms with Crippen LogP contribution in [0.2, 0.25) is 0 Å². The summed E-state index contributed by atoms with van der Waals surface area (Å²) >= 11 is 0. The van der Waals surface area contributed by atoms with E-state index in [1.165, 1.54) is 0 Å². The quantitative estimate of drug-likeness (QED) is 0.738. The van der Waals surface area contributed by atoms with Crippen molar-refractivity contribution < 1.29 is 14.6 Å². The number of carbonyl (C=O) groups is 1. The summed E-state index contributed by atoms with van der Waals surface area (Å²) < 4.78 is 5.72. The van der Waals surface area contributed by atoms with Crippen molar-refractivity contribution >= 4 is 5.91 Å². The Morgan fingerprint density at radius 3 is 2.74 bits per heavy atom. The molecule has 1 amide bonds. The van der Waals surface area contributed by atoms with Crippen LogP contribution in [0.3, 0.4) is 0 Å². The van der Waals surface area contributed by atoms with Gasteiger partial charge in [-0.05, 0) is 32.4 Å². The third-order valence-corrected chi connectivity index (χ3v) is 3.99. The van der Waals surface area contributed by atoms with Gasteiger partial charge in [0.1, 0.15) is 0 Å². The van der Waals surface area contributed by atoms with Gasteiger partial charge in [-0.25, -0.2) is 0 Å². The molecule has 0 radical (unpaired) electrons. The highest BCUT2D eigenvalue weighted by atomic mass is 16.5. The molecule has 19 heavy (non-hydrogen) atoms. The summed E-state index contributed by atoms with van der Waals surface area (Å²) in [6, 6.07) is 0.